The number of hydrogen-bond acceptors (Lipinski definition) is 0. The fraction of sp³-hybridized carbons (Fsp3) is 0.0370. The third-order valence-electron chi connectivity index (χ3n) is 5.27. The summed E-state index contributed by atoms with van der Waals surface area (Å²) in [5.41, 5.74) is 4.99. The standard InChI is InChI=1S/C27H21Cl/c1-2-21-13-12-20-25(26(21)28)27(22-14-6-3-7-15-22,23-16-8-4-9-17-23)24-18-10-5-11-19-24/h2-20H,1H2. The Bertz CT molecular complexity index is 970. The number of halogens is 1. The molecule has 0 atom stereocenters. The highest BCUT2D eigenvalue weighted by Gasteiger charge is 2.39. The molecule has 0 spiro atoms. The van der Waals surface area contributed by atoms with Gasteiger partial charge >= 0.3 is 0 Å². The molecule has 0 heterocycles. The molecule has 136 valence electrons. The Hall–Kier alpha value is -3.09. The lowest BCUT2D eigenvalue weighted by Gasteiger charge is -2.37. The van der Waals surface area contributed by atoms with Gasteiger partial charge in [-0.05, 0) is 27.8 Å². The van der Waals surface area contributed by atoms with Crippen LogP contribution in [-0.2, 0) is 5.41 Å². The first-order valence-corrected chi connectivity index (χ1v) is 9.74. The topological polar surface area (TPSA) is 0 Å². The molecule has 4 aromatic rings. The second kappa shape index (κ2) is 7.88. The van der Waals surface area contributed by atoms with E-state index in [-0.39, 0.29) is 0 Å². The lowest BCUT2D eigenvalue weighted by molar-refractivity contribution is 0.745. The van der Waals surface area contributed by atoms with Crippen LogP contribution < -0.4 is 0 Å². The molecule has 28 heavy (non-hydrogen) atoms. The molecule has 0 aliphatic rings. The molecular weight excluding hydrogens is 360 g/mol. The maximum absolute atomic E-state index is 6.97. The Balaban J connectivity index is 2.19. The van der Waals surface area contributed by atoms with E-state index in [4.69, 9.17) is 11.6 Å². The summed E-state index contributed by atoms with van der Waals surface area (Å²) in [4.78, 5) is 0. The zero-order chi connectivity index (χ0) is 19.4. The molecule has 0 aliphatic carbocycles. The van der Waals surface area contributed by atoms with E-state index in [1.165, 1.54) is 16.7 Å². The van der Waals surface area contributed by atoms with Gasteiger partial charge in [-0.2, -0.15) is 0 Å². The summed E-state index contributed by atoms with van der Waals surface area (Å²) >= 11 is 6.97. The molecule has 0 N–H and O–H groups in total. The fourth-order valence-electron chi connectivity index (χ4n) is 4.03. The predicted molar refractivity (Wildman–Crippen MR) is 120 cm³/mol. The van der Waals surface area contributed by atoms with Gasteiger partial charge in [0.25, 0.3) is 0 Å². The molecule has 0 amide bonds. The van der Waals surface area contributed by atoms with Gasteiger partial charge in [0.15, 0.2) is 0 Å². The van der Waals surface area contributed by atoms with Crippen molar-refractivity contribution in [1.29, 1.82) is 0 Å². The van der Waals surface area contributed by atoms with Gasteiger partial charge in [0.2, 0.25) is 0 Å². The van der Waals surface area contributed by atoms with Crippen LogP contribution in [0.5, 0.6) is 0 Å². The zero-order valence-corrected chi connectivity index (χ0v) is 16.3. The molecule has 0 aromatic heterocycles. The van der Waals surface area contributed by atoms with E-state index in [0.717, 1.165) is 16.1 Å². The lowest BCUT2D eigenvalue weighted by Crippen LogP contribution is -2.31. The SMILES string of the molecule is C=Cc1cccc(C(c2ccccc2)(c2ccccc2)c2ccccc2)c1Cl. The average molecular weight is 381 g/mol. The van der Waals surface area contributed by atoms with Crippen molar-refractivity contribution < 1.29 is 0 Å². The summed E-state index contributed by atoms with van der Waals surface area (Å²) in [7, 11) is 0. The van der Waals surface area contributed by atoms with Crippen molar-refractivity contribution in [3.05, 3.63) is 149 Å². The van der Waals surface area contributed by atoms with Gasteiger partial charge in [-0.25, -0.2) is 0 Å². The molecule has 0 radical (unpaired) electrons. The molecule has 1 heteroatoms. The smallest absolute Gasteiger partial charge is 0.0716 e. The quantitative estimate of drug-likeness (QED) is 0.317. The Labute approximate surface area is 171 Å². The van der Waals surface area contributed by atoms with Crippen LogP contribution in [0.3, 0.4) is 0 Å². The molecule has 0 unspecified atom stereocenters. The van der Waals surface area contributed by atoms with Crippen LogP contribution in [0, 0.1) is 0 Å². The van der Waals surface area contributed by atoms with Crippen LogP contribution >= 0.6 is 11.6 Å². The summed E-state index contributed by atoms with van der Waals surface area (Å²) in [6.45, 7) is 3.95. The molecule has 0 saturated carbocycles. The molecule has 0 nitrogen and oxygen atoms in total. The first kappa shape index (κ1) is 18.3. The van der Waals surface area contributed by atoms with Crippen molar-refractivity contribution in [2.45, 2.75) is 5.41 Å². The van der Waals surface area contributed by atoms with Gasteiger partial charge in [-0.1, -0.05) is 133 Å². The first-order valence-electron chi connectivity index (χ1n) is 9.36. The van der Waals surface area contributed by atoms with Crippen molar-refractivity contribution in [3.8, 4) is 0 Å². The summed E-state index contributed by atoms with van der Waals surface area (Å²) in [6.07, 6.45) is 1.82. The molecule has 0 saturated heterocycles. The average Bonchev–Trinajstić information content (AvgIpc) is 2.78. The van der Waals surface area contributed by atoms with Crippen LogP contribution in [0.4, 0.5) is 0 Å². The summed E-state index contributed by atoms with van der Waals surface area (Å²) in [5.74, 6) is 0. The van der Waals surface area contributed by atoms with Crippen molar-refractivity contribution >= 4 is 17.7 Å². The second-order valence-electron chi connectivity index (χ2n) is 6.76. The minimum absolute atomic E-state index is 0.528. The predicted octanol–water partition coefficient (Wildman–Crippen LogP) is 7.37. The molecule has 0 bridgehead atoms. The van der Waals surface area contributed by atoms with Crippen LogP contribution in [0.25, 0.3) is 6.08 Å². The van der Waals surface area contributed by atoms with Crippen LogP contribution in [-0.4, -0.2) is 0 Å². The normalized spacial score (nSPS) is 11.2. The zero-order valence-electron chi connectivity index (χ0n) is 15.6. The summed E-state index contributed by atoms with van der Waals surface area (Å²) in [5, 5.41) is 0.731. The van der Waals surface area contributed by atoms with Gasteiger partial charge in [-0.15, -0.1) is 0 Å². The maximum atomic E-state index is 6.97. The van der Waals surface area contributed by atoms with Crippen LogP contribution in [0.2, 0.25) is 5.02 Å². The number of hydrogen-bond donors (Lipinski definition) is 0. The third-order valence-corrected chi connectivity index (χ3v) is 5.69. The Morgan fingerprint density at radius 2 is 1.00 bits per heavy atom. The number of rotatable bonds is 5. The van der Waals surface area contributed by atoms with E-state index < -0.39 is 5.41 Å². The van der Waals surface area contributed by atoms with E-state index in [9.17, 15) is 0 Å². The largest absolute Gasteiger partial charge is 0.0984 e. The Morgan fingerprint density at radius 3 is 1.39 bits per heavy atom. The first-order chi connectivity index (χ1) is 13.8. The van der Waals surface area contributed by atoms with Gasteiger partial charge < -0.3 is 0 Å². The lowest BCUT2D eigenvalue weighted by atomic mass is 9.65. The van der Waals surface area contributed by atoms with Crippen LogP contribution in [0.15, 0.2) is 116 Å². The maximum Gasteiger partial charge on any atom is 0.0716 e. The van der Waals surface area contributed by atoms with E-state index in [2.05, 4.69) is 91.5 Å². The van der Waals surface area contributed by atoms with Gasteiger partial charge in [-0.3, -0.25) is 0 Å². The molecule has 4 aromatic carbocycles. The Kier molecular flexibility index (Phi) is 5.14. The summed E-state index contributed by atoms with van der Waals surface area (Å²) in [6, 6.07) is 37.9. The molecule has 0 fully saturated rings. The van der Waals surface area contributed by atoms with E-state index in [0.29, 0.717) is 0 Å². The van der Waals surface area contributed by atoms with Gasteiger partial charge in [0, 0.05) is 0 Å². The van der Waals surface area contributed by atoms with Gasteiger partial charge in [0.05, 0.1) is 10.4 Å². The molecular formula is C27H21Cl. The summed E-state index contributed by atoms with van der Waals surface area (Å²) < 4.78 is 0. The minimum atomic E-state index is -0.528. The highest BCUT2D eigenvalue weighted by molar-refractivity contribution is 6.33. The van der Waals surface area contributed by atoms with E-state index in [1.807, 2.05) is 30.3 Å². The van der Waals surface area contributed by atoms with E-state index in [1.54, 1.807) is 0 Å². The van der Waals surface area contributed by atoms with Gasteiger partial charge in [0.1, 0.15) is 0 Å². The minimum Gasteiger partial charge on any atom is -0.0984 e. The monoisotopic (exact) mass is 380 g/mol. The molecule has 4 rings (SSSR count). The number of benzene rings is 4. The fourth-order valence-corrected chi connectivity index (χ4v) is 4.37. The Morgan fingerprint density at radius 1 is 0.571 bits per heavy atom. The third kappa shape index (κ3) is 2.96. The van der Waals surface area contributed by atoms with Crippen molar-refractivity contribution in [1.82, 2.24) is 0 Å². The van der Waals surface area contributed by atoms with Crippen molar-refractivity contribution in [2.75, 3.05) is 0 Å². The van der Waals surface area contributed by atoms with E-state index >= 15 is 0 Å². The highest BCUT2D eigenvalue weighted by Crippen LogP contribution is 2.48. The van der Waals surface area contributed by atoms with Crippen LogP contribution in [0.1, 0.15) is 27.8 Å². The van der Waals surface area contributed by atoms with Crippen molar-refractivity contribution in [2.24, 2.45) is 0 Å². The highest BCUT2D eigenvalue weighted by atomic mass is 35.5. The van der Waals surface area contributed by atoms with Crippen molar-refractivity contribution in [3.63, 3.8) is 0 Å². The second-order valence-corrected chi connectivity index (χ2v) is 7.14. The molecule has 0 aliphatic heterocycles.